The molecule has 2 aromatic heterocycles. The van der Waals surface area contributed by atoms with Crippen molar-refractivity contribution in [2.45, 2.75) is 33.2 Å². The lowest BCUT2D eigenvalue weighted by Crippen LogP contribution is -2.25. The fourth-order valence-corrected chi connectivity index (χ4v) is 5.22. The summed E-state index contributed by atoms with van der Waals surface area (Å²) in [4.78, 5) is 29.5. The first-order valence-corrected chi connectivity index (χ1v) is 12.8. The zero-order valence-corrected chi connectivity index (χ0v) is 22.5. The van der Waals surface area contributed by atoms with E-state index in [0.29, 0.717) is 10.8 Å². The number of hydrogen-bond donors (Lipinski definition) is 2. The highest BCUT2D eigenvalue weighted by molar-refractivity contribution is 7.15. The summed E-state index contributed by atoms with van der Waals surface area (Å²) < 4.78 is 6.79. The summed E-state index contributed by atoms with van der Waals surface area (Å²) in [5, 5.41) is 21.6. The highest BCUT2D eigenvalue weighted by atomic mass is 35.5. The summed E-state index contributed by atoms with van der Waals surface area (Å²) in [6.07, 6.45) is 0.0541. The Balaban J connectivity index is 1.57. The van der Waals surface area contributed by atoms with Crippen molar-refractivity contribution in [2.24, 2.45) is 4.99 Å². The SMILES string of the molecule is Cc1sc2c(c1C)C(c1ccc(Cl)cc1)=N[C@@H](CC(=O)NCC#CC#CCOCC(=O)O)c1nnc(C)n1-2. The normalized spacial score (nSPS) is 13.6. The van der Waals surface area contributed by atoms with Crippen LogP contribution < -0.4 is 5.32 Å². The number of nitrogens with one attached hydrogen (secondary N) is 1. The minimum absolute atomic E-state index is 0.0342. The molecule has 0 unspecified atom stereocenters. The molecule has 1 aromatic carbocycles. The number of aromatic nitrogens is 3. The molecule has 3 aromatic rings. The number of thiophene rings is 1. The van der Waals surface area contributed by atoms with E-state index in [1.54, 1.807) is 11.3 Å². The van der Waals surface area contributed by atoms with Crippen molar-refractivity contribution in [3.05, 3.63) is 62.5 Å². The number of hydrogen-bond acceptors (Lipinski definition) is 7. The number of carbonyl (C=O) groups excluding carboxylic acids is 1. The molecule has 194 valence electrons. The van der Waals surface area contributed by atoms with Gasteiger partial charge in [0.25, 0.3) is 0 Å². The van der Waals surface area contributed by atoms with Gasteiger partial charge in [-0.15, -0.1) is 21.5 Å². The Labute approximate surface area is 228 Å². The van der Waals surface area contributed by atoms with Crippen LogP contribution in [-0.2, 0) is 14.3 Å². The summed E-state index contributed by atoms with van der Waals surface area (Å²) in [5.41, 5.74) is 3.79. The van der Waals surface area contributed by atoms with E-state index in [4.69, 9.17) is 26.4 Å². The van der Waals surface area contributed by atoms with Crippen molar-refractivity contribution in [1.82, 2.24) is 20.1 Å². The van der Waals surface area contributed by atoms with Gasteiger partial charge in [0.05, 0.1) is 18.7 Å². The van der Waals surface area contributed by atoms with Gasteiger partial charge in [-0.3, -0.25) is 14.4 Å². The molecule has 3 heterocycles. The van der Waals surface area contributed by atoms with Gasteiger partial charge in [-0.2, -0.15) is 0 Å². The average Bonchev–Trinajstić information content (AvgIpc) is 3.35. The van der Waals surface area contributed by atoms with Crippen LogP contribution in [0.4, 0.5) is 0 Å². The van der Waals surface area contributed by atoms with Crippen LogP contribution in [0.15, 0.2) is 29.3 Å². The number of nitrogens with zero attached hydrogens (tertiary/aromatic N) is 4. The Bertz CT molecular complexity index is 1530. The molecule has 38 heavy (non-hydrogen) atoms. The molecule has 1 amide bonds. The number of amides is 1. The molecule has 1 aliphatic heterocycles. The maximum absolute atomic E-state index is 12.9. The van der Waals surface area contributed by atoms with E-state index in [9.17, 15) is 9.59 Å². The number of rotatable bonds is 7. The monoisotopic (exact) mass is 549 g/mol. The van der Waals surface area contributed by atoms with E-state index in [1.165, 1.54) is 4.88 Å². The molecule has 4 rings (SSSR count). The number of halogens is 1. The van der Waals surface area contributed by atoms with E-state index < -0.39 is 18.6 Å². The highest BCUT2D eigenvalue weighted by Gasteiger charge is 2.32. The van der Waals surface area contributed by atoms with E-state index in [2.05, 4.69) is 53.0 Å². The smallest absolute Gasteiger partial charge is 0.329 e. The lowest BCUT2D eigenvalue weighted by Gasteiger charge is -2.12. The molecule has 11 heteroatoms. The number of carboxylic acids is 1. The second kappa shape index (κ2) is 12.1. The van der Waals surface area contributed by atoms with Gasteiger partial charge >= 0.3 is 5.97 Å². The fraction of sp³-hybridized carbons (Fsp3) is 0.296. The summed E-state index contributed by atoms with van der Waals surface area (Å²) in [5.74, 6) is 10.5. The predicted molar refractivity (Wildman–Crippen MR) is 145 cm³/mol. The van der Waals surface area contributed by atoms with Crippen LogP contribution >= 0.6 is 22.9 Å². The Morgan fingerprint density at radius 3 is 2.63 bits per heavy atom. The molecule has 1 aliphatic rings. The van der Waals surface area contributed by atoms with Crippen LogP contribution in [0.1, 0.15) is 45.7 Å². The maximum Gasteiger partial charge on any atom is 0.329 e. The summed E-state index contributed by atoms with van der Waals surface area (Å²) >= 11 is 7.79. The van der Waals surface area contributed by atoms with E-state index >= 15 is 0 Å². The third kappa shape index (κ3) is 6.12. The fourth-order valence-electron chi connectivity index (χ4n) is 3.88. The van der Waals surface area contributed by atoms with Gasteiger partial charge in [0.1, 0.15) is 30.1 Å². The Hall–Kier alpha value is -3.96. The van der Waals surface area contributed by atoms with Crippen LogP contribution in [0.5, 0.6) is 0 Å². The zero-order valence-electron chi connectivity index (χ0n) is 21.0. The van der Waals surface area contributed by atoms with Crippen molar-refractivity contribution >= 4 is 40.5 Å². The van der Waals surface area contributed by atoms with E-state index in [1.807, 2.05) is 35.8 Å². The van der Waals surface area contributed by atoms with Gasteiger partial charge in [-0.1, -0.05) is 35.6 Å². The molecular weight excluding hydrogens is 526 g/mol. The Morgan fingerprint density at radius 1 is 1.16 bits per heavy atom. The van der Waals surface area contributed by atoms with Gasteiger partial charge in [0.15, 0.2) is 5.82 Å². The number of carbonyl (C=O) groups is 2. The quantitative estimate of drug-likeness (QED) is 0.344. The second-order valence-corrected chi connectivity index (χ2v) is 10.0. The van der Waals surface area contributed by atoms with Crippen molar-refractivity contribution in [2.75, 3.05) is 19.8 Å². The van der Waals surface area contributed by atoms with E-state index in [0.717, 1.165) is 33.2 Å². The molecule has 0 spiro atoms. The van der Waals surface area contributed by atoms with Crippen molar-refractivity contribution in [3.8, 4) is 28.7 Å². The average molecular weight is 550 g/mol. The van der Waals surface area contributed by atoms with Gasteiger partial charge in [0.2, 0.25) is 5.91 Å². The van der Waals surface area contributed by atoms with Crippen molar-refractivity contribution in [3.63, 3.8) is 0 Å². The molecule has 0 saturated carbocycles. The minimum atomic E-state index is -1.06. The number of benzene rings is 1. The van der Waals surface area contributed by atoms with Crippen LogP contribution in [0, 0.1) is 44.5 Å². The minimum Gasteiger partial charge on any atom is -0.480 e. The molecule has 0 aliphatic carbocycles. The molecule has 0 saturated heterocycles. The Morgan fingerprint density at radius 2 is 1.89 bits per heavy atom. The number of aliphatic carboxylic acids is 1. The third-order valence-electron chi connectivity index (χ3n) is 5.75. The number of ether oxygens (including phenoxy) is 1. The number of aryl methyl sites for hydroxylation is 2. The van der Waals surface area contributed by atoms with Gasteiger partial charge in [-0.25, -0.2) is 4.79 Å². The summed E-state index contributed by atoms with van der Waals surface area (Å²) in [6.45, 7) is 5.68. The van der Waals surface area contributed by atoms with Crippen LogP contribution in [0.2, 0.25) is 5.02 Å². The number of aliphatic imine (C=N–C) groups is 1. The number of carboxylic acid groups (broad SMARTS) is 1. The summed E-state index contributed by atoms with van der Waals surface area (Å²) in [6, 6.07) is 6.94. The second-order valence-electron chi connectivity index (χ2n) is 8.38. The van der Waals surface area contributed by atoms with Crippen LogP contribution in [0.25, 0.3) is 5.00 Å². The molecule has 9 nitrogen and oxygen atoms in total. The van der Waals surface area contributed by atoms with E-state index in [-0.39, 0.29) is 25.5 Å². The first-order valence-electron chi connectivity index (χ1n) is 11.6. The largest absolute Gasteiger partial charge is 0.480 e. The summed E-state index contributed by atoms with van der Waals surface area (Å²) in [7, 11) is 0. The van der Waals surface area contributed by atoms with Crippen molar-refractivity contribution in [1.29, 1.82) is 0 Å². The first-order chi connectivity index (χ1) is 18.3. The Kier molecular flexibility index (Phi) is 8.59. The van der Waals surface area contributed by atoms with Crippen molar-refractivity contribution < 1.29 is 19.4 Å². The van der Waals surface area contributed by atoms with Gasteiger partial charge < -0.3 is 15.2 Å². The predicted octanol–water partition coefficient (Wildman–Crippen LogP) is 3.41. The van der Waals surface area contributed by atoms with Gasteiger partial charge in [0, 0.05) is 21.0 Å². The molecule has 0 fully saturated rings. The molecule has 0 radical (unpaired) electrons. The molecule has 2 N–H and O–H groups in total. The van der Waals surface area contributed by atoms with Crippen LogP contribution in [0.3, 0.4) is 0 Å². The number of fused-ring (bicyclic) bond motifs is 3. The molecule has 0 bridgehead atoms. The standard InChI is InChI=1S/C27H24ClN5O4S/c1-16-17(2)38-27-24(16)25(19-8-10-20(28)11-9-19)30-21(26-32-31-18(3)33(26)27)14-22(34)29-12-6-4-5-7-13-37-15-23(35)36/h8-11,21H,12-15H2,1-3H3,(H,29,34)(H,35,36)/t21-/m0/s1. The highest BCUT2D eigenvalue weighted by Crippen LogP contribution is 2.39. The van der Waals surface area contributed by atoms with Gasteiger partial charge in [-0.05, 0) is 50.3 Å². The third-order valence-corrected chi connectivity index (χ3v) is 7.19. The molecular formula is C27H24ClN5O4S. The topological polar surface area (TPSA) is 119 Å². The maximum atomic E-state index is 12.9. The zero-order chi connectivity index (χ0) is 27.2. The lowest BCUT2D eigenvalue weighted by atomic mass is 9.99. The van der Waals surface area contributed by atoms with Crippen LogP contribution in [-0.4, -0.2) is 57.2 Å². The first kappa shape index (κ1) is 27.1. The molecule has 1 atom stereocenters. The lowest BCUT2D eigenvalue weighted by molar-refractivity contribution is -0.141.